The Morgan fingerprint density at radius 1 is 1.10 bits per heavy atom. The molecule has 1 unspecified atom stereocenters. The quantitative estimate of drug-likeness (QED) is 0.690. The van der Waals surface area contributed by atoms with Gasteiger partial charge in [-0.05, 0) is 48.9 Å². The van der Waals surface area contributed by atoms with Gasteiger partial charge >= 0.3 is 0 Å². The largest absolute Gasteiger partial charge is 0.316 e. The highest BCUT2D eigenvalue weighted by Gasteiger charge is 2.24. The Morgan fingerprint density at radius 2 is 1.81 bits per heavy atom. The number of hydrogen-bond donors (Lipinski definition) is 1. The highest BCUT2D eigenvalue weighted by Crippen LogP contribution is 2.33. The summed E-state index contributed by atoms with van der Waals surface area (Å²) in [6.45, 7) is 6.89. The van der Waals surface area contributed by atoms with Gasteiger partial charge in [-0.25, -0.2) is 0 Å². The molecule has 21 heavy (non-hydrogen) atoms. The Bertz CT molecular complexity index is 410. The van der Waals surface area contributed by atoms with E-state index in [-0.39, 0.29) is 0 Å². The van der Waals surface area contributed by atoms with E-state index in [1.165, 1.54) is 55.1 Å². The van der Waals surface area contributed by atoms with Crippen LogP contribution in [0.15, 0.2) is 28.7 Å². The van der Waals surface area contributed by atoms with E-state index in [4.69, 9.17) is 0 Å². The maximum absolute atomic E-state index is 3.72. The lowest BCUT2D eigenvalue weighted by Gasteiger charge is -2.31. The summed E-state index contributed by atoms with van der Waals surface area (Å²) >= 11 is 3.72. The summed E-state index contributed by atoms with van der Waals surface area (Å²) in [5, 5.41) is 3.71. The molecule has 0 aromatic heterocycles. The molecule has 0 saturated heterocycles. The zero-order valence-electron chi connectivity index (χ0n) is 13.6. The standard InChI is InChI=1S/C19H30BrN/c1-15(2)13-21-14-18(16-8-4-3-5-9-16)12-17-10-6-7-11-19(17)20/h6-7,10-11,15-16,18,21H,3-5,8-9,12-14H2,1-2H3. The van der Waals surface area contributed by atoms with Crippen LogP contribution in [0.3, 0.4) is 0 Å². The first-order valence-corrected chi connectivity index (χ1v) is 9.40. The molecule has 1 aromatic rings. The molecule has 1 saturated carbocycles. The van der Waals surface area contributed by atoms with Gasteiger partial charge in [0.05, 0.1) is 0 Å². The minimum absolute atomic E-state index is 0.737. The van der Waals surface area contributed by atoms with Crippen LogP contribution in [0.1, 0.15) is 51.5 Å². The summed E-state index contributed by atoms with van der Waals surface area (Å²) in [4.78, 5) is 0. The molecule has 1 aromatic carbocycles. The van der Waals surface area contributed by atoms with Gasteiger partial charge in [0.2, 0.25) is 0 Å². The van der Waals surface area contributed by atoms with Crippen LogP contribution in [0.4, 0.5) is 0 Å². The van der Waals surface area contributed by atoms with Crippen molar-refractivity contribution < 1.29 is 0 Å². The average molecular weight is 352 g/mol. The van der Waals surface area contributed by atoms with Crippen LogP contribution in [0.2, 0.25) is 0 Å². The SMILES string of the molecule is CC(C)CNCC(Cc1ccccc1Br)C1CCCCC1. The van der Waals surface area contributed by atoms with E-state index in [1.54, 1.807) is 0 Å². The number of hydrogen-bond acceptors (Lipinski definition) is 1. The Kier molecular flexibility index (Phi) is 7.25. The van der Waals surface area contributed by atoms with E-state index >= 15 is 0 Å². The maximum Gasteiger partial charge on any atom is 0.0207 e. The number of halogens is 1. The van der Waals surface area contributed by atoms with E-state index in [1.807, 2.05) is 0 Å². The molecule has 0 amide bonds. The summed E-state index contributed by atoms with van der Waals surface area (Å²) in [6.07, 6.45) is 8.37. The summed E-state index contributed by atoms with van der Waals surface area (Å²) in [5.41, 5.74) is 1.47. The second-order valence-electron chi connectivity index (χ2n) is 7.01. The third kappa shape index (κ3) is 5.75. The third-order valence-corrected chi connectivity index (χ3v) is 5.49. The van der Waals surface area contributed by atoms with Crippen LogP contribution in [0.5, 0.6) is 0 Å². The van der Waals surface area contributed by atoms with Gasteiger partial charge in [-0.1, -0.05) is 80.1 Å². The molecule has 1 aliphatic rings. The molecule has 0 aliphatic heterocycles. The lowest BCUT2D eigenvalue weighted by molar-refractivity contribution is 0.237. The molecule has 1 fully saturated rings. The molecular formula is C19H30BrN. The van der Waals surface area contributed by atoms with Gasteiger partial charge in [0, 0.05) is 4.47 Å². The van der Waals surface area contributed by atoms with Crippen molar-refractivity contribution >= 4 is 15.9 Å². The summed E-state index contributed by atoms with van der Waals surface area (Å²) in [6, 6.07) is 8.73. The highest BCUT2D eigenvalue weighted by molar-refractivity contribution is 9.10. The average Bonchev–Trinajstić information content (AvgIpc) is 2.49. The van der Waals surface area contributed by atoms with Gasteiger partial charge in [-0.15, -0.1) is 0 Å². The number of benzene rings is 1. The fourth-order valence-corrected chi connectivity index (χ4v) is 3.96. The molecule has 0 bridgehead atoms. The van der Waals surface area contributed by atoms with Crippen molar-refractivity contribution in [1.29, 1.82) is 0 Å². The molecule has 1 nitrogen and oxygen atoms in total. The number of nitrogens with one attached hydrogen (secondary N) is 1. The van der Waals surface area contributed by atoms with Crippen molar-refractivity contribution in [3.8, 4) is 0 Å². The van der Waals surface area contributed by atoms with Crippen molar-refractivity contribution in [2.45, 2.75) is 52.4 Å². The zero-order chi connectivity index (χ0) is 15.1. The van der Waals surface area contributed by atoms with Crippen molar-refractivity contribution in [2.24, 2.45) is 17.8 Å². The predicted octanol–water partition coefficient (Wildman–Crippen LogP) is 5.43. The summed E-state index contributed by atoms with van der Waals surface area (Å²) < 4.78 is 1.27. The van der Waals surface area contributed by atoms with E-state index < -0.39 is 0 Å². The van der Waals surface area contributed by atoms with Gasteiger partial charge in [0.1, 0.15) is 0 Å². The Labute approximate surface area is 139 Å². The first-order chi connectivity index (χ1) is 10.2. The minimum Gasteiger partial charge on any atom is -0.316 e. The highest BCUT2D eigenvalue weighted by atomic mass is 79.9. The van der Waals surface area contributed by atoms with Gasteiger partial charge in [-0.3, -0.25) is 0 Å². The van der Waals surface area contributed by atoms with E-state index in [2.05, 4.69) is 59.4 Å². The van der Waals surface area contributed by atoms with Crippen molar-refractivity contribution in [3.63, 3.8) is 0 Å². The van der Waals surface area contributed by atoms with Crippen LogP contribution in [0.25, 0.3) is 0 Å². The Morgan fingerprint density at radius 3 is 2.48 bits per heavy atom. The van der Waals surface area contributed by atoms with Crippen LogP contribution < -0.4 is 5.32 Å². The molecule has 0 heterocycles. The first-order valence-electron chi connectivity index (χ1n) is 8.61. The molecule has 1 aliphatic carbocycles. The van der Waals surface area contributed by atoms with Gasteiger partial charge in [0.15, 0.2) is 0 Å². The van der Waals surface area contributed by atoms with Crippen molar-refractivity contribution in [1.82, 2.24) is 5.32 Å². The summed E-state index contributed by atoms with van der Waals surface area (Å²) in [5.74, 6) is 2.42. The molecule has 118 valence electrons. The van der Waals surface area contributed by atoms with Crippen LogP contribution in [-0.2, 0) is 6.42 Å². The van der Waals surface area contributed by atoms with Gasteiger partial charge < -0.3 is 5.32 Å². The van der Waals surface area contributed by atoms with E-state index in [0.717, 1.165) is 24.3 Å². The number of rotatable bonds is 7. The lowest BCUT2D eigenvalue weighted by Crippen LogP contribution is -2.33. The topological polar surface area (TPSA) is 12.0 Å². The second-order valence-corrected chi connectivity index (χ2v) is 7.86. The molecule has 0 radical (unpaired) electrons. The maximum atomic E-state index is 3.72. The van der Waals surface area contributed by atoms with Crippen molar-refractivity contribution in [2.75, 3.05) is 13.1 Å². The monoisotopic (exact) mass is 351 g/mol. The molecule has 2 heteroatoms. The Balaban J connectivity index is 1.98. The Hall–Kier alpha value is -0.340. The molecular weight excluding hydrogens is 322 g/mol. The van der Waals surface area contributed by atoms with Crippen LogP contribution in [0, 0.1) is 17.8 Å². The first kappa shape index (κ1) is 17.0. The van der Waals surface area contributed by atoms with E-state index in [9.17, 15) is 0 Å². The van der Waals surface area contributed by atoms with Crippen LogP contribution >= 0.6 is 15.9 Å². The summed E-state index contributed by atoms with van der Waals surface area (Å²) in [7, 11) is 0. The third-order valence-electron chi connectivity index (χ3n) is 4.72. The lowest BCUT2D eigenvalue weighted by atomic mass is 9.77. The van der Waals surface area contributed by atoms with Gasteiger partial charge in [0.25, 0.3) is 0 Å². The molecule has 2 rings (SSSR count). The zero-order valence-corrected chi connectivity index (χ0v) is 15.2. The van der Waals surface area contributed by atoms with E-state index in [0.29, 0.717) is 0 Å². The normalized spacial score (nSPS) is 18.1. The second kappa shape index (κ2) is 8.95. The van der Waals surface area contributed by atoms with Crippen LogP contribution in [-0.4, -0.2) is 13.1 Å². The minimum atomic E-state index is 0.737. The molecule has 0 spiro atoms. The molecule has 1 atom stereocenters. The van der Waals surface area contributed by atoms with Gasteiger partial charge in [-0.2, -0.15) is 0 Å². The fourth-order valence-electron chi connectivity index (χ4n) is 3.51. The smallest absolute Gasteiger partial charge is 0.0207 e. The van der Waals surface area contributed by atoms with Crippen molar-refractivity contribution in [3.05, 3.63) is 34.3 Å². The fraction of sp³-hybridized carbons (Fsp3) is 0.684. The molecule has 1 N–H and O–H groups in total. The predicted molar refractivity (Wildman–Crippen MR) is 95.6 cm³/mol.